The molecule has 7 heteroatoms. The van der Waals surface area contributed by atoms with Gasteiger partial charge in [0.15, 0.2) is 6.61 Å². The van der Waals surface area contributed by atoms with Crippen LogP contribution in [0.15, 0.2) is 41.1 Å². The Balaban J connectivity index is 1.53. The van der Waals surface area contributed by atoms with E-state index in [1.54, 1.807) is 23.5 Å². The fourth-order valence-corrected chi connectivity index (χ4v) is 3.73. The molecule has 1 saturated heterocycles. The Morgan fingerprint density at radius 1 is 1.31 bits per heavy atom. The molecule has 26 heavy (non-hydrogen) atoms. The SMILES string of the molecule is CN1CCN(C(CNC(=O)COc2cccc(F)c2)c2ccsc2)CC1. The van der Waals surface area contributed by atoms with E-state index >= 15 is 0 Å². The molecule has 1 aliphatic rings. The van der Waals surface area contributed by atoms with E-state index in [9.17, 15) is 9.18 Å². The zero-order valence-electron chi connectivity index (χ0n) is 14.9. The number of amides is 1. The number of benzene rings is 1. The Morgan fingerprint density at radius 3 is 2.81 bits per heavy atom. The number of hydrogen-bond acceptors (Lipinski definition) is 5. The van der Waals surface area contributed by atoms with Crippen LogP contribution in [-0.4, -0.2) is 62.1 Å². The van der Waals surface area contributed by atoms with Crippen LogP contribution in [0, 0.1) is 5.82 Å². The quantitative estimate of drug-likeness (QED) is 0.805. The van der Waals surface area contributed by atoms with Gasteiger partial charge in [-0.2, -0.15) is 11.3 Å². The minimum atomic E-state index is -0.379. The van der Waals surface area contributed by atoms with Crippen molar-refractivity contribution >= 4 is 17.2 Å². The Morgan fingerprint density at radius 2 is 2.12 bits per heavy atom. The van der Waals surface area contributed by atoms with Gasteiger partial charge in [-0.15, -0.1) is 0 Å². The Kier molecular flexibility index (Phi) is 6.60. The van der Waals surface area contributed by atoms with Gasteiger partial charge in [-0.3, -0.25) is 9.69 Å². The first-order valence-corrected chi connectivity index (χ1v) is 9.66. The Bertz CT molecular complexity index is 703. The molecule has 1 aromatic heterocycles. The number of likely N-dealkylation sites (N-methyl/N-ethyl adjacent to an activating group) is 1. The van der Waals surface area contributed by atoms with Gasteiger partial charge in [0, 0.05) is 38.8 Å². The third-order valence-electron chi connectivity index (χ3n) is 4.57. The van der Waals surface area contributed by atoms with E-state index in [4.69, 9.17) is 4.74 Å². The molecule has 1 atom stereocenters. The first-order valence-electron chi connectivity index (χ1n) is 8.71. The Hall–Kier alpha value is -1.96. The van der Waals surface area contributed by atoms with Crippen LogP contribution >= 0.6 is 11.3 Å². The van der Waals surface area contributed by atoms with Crippen LogP contribution in [0.25, 0.3) is 0 Å². The van der Waals surface area contributed by atoms with Crippen molar-refractivity contribution in [3.05, 3.63) is 52.5 Å². The summed E-state index contributed by atoms with van der Waals surface area (Å²) in [5, 5.41) is 7.16. The Labute approximate surface area is 157 Å². The zero-order chi connectivity index (χ0) is 18.4. The predicted octanol–water partition coefficient (Wildman–Crippen LogP) is 2.37. The first-order chi connectivity index (χ1) is 12.6. The highest BCUT2D eigenvalue weighted by Crippen LogP contribution is 2.23. The number of piperazine rings is 1. The third-order valence-corrected chi connectivity index (χ3v) is 5.27. The number of nitrogens with zero attached hydrogens (tertiary/aromatic N) is 2. The molecule has 0 spiro atoms. The second-order valence-electron chi connectivity index (χ2n) is 6.46. The van der Waals surface area contributed by atoms with Gasteiger partial charge in [0.25, 0.3) is 5.91 Å². The molecule has 0 saturated carbocycles. The molecule has 0 radical (unpaired) electrons. The van der Waals surface area contributed by atoms with Crippen LogP contribution in [0.5, 0.6) is 5.75 Å². The van der Waals surface area contributed by atoms with Crippen molar-refractivity contribution in [1.29, 1.82) is 0 Å². The van der Waals surface area contributed by atoms with Crippen molar-refractivity contribution in [2.24, 2.45) is 0 Å². The maximum atomic E-state index is 13.1. The summed E-state index contributed by atoms with van der Waals surface area (Å²) in [5.41, 5.74) is 1.23. The average molecular weight is 377 g/mol. The highest BCUT2D eigenvalue weighted by molar-refractivity contribution is 7.07. The summed E-state index contributed by atoms with van der Waals surface area (Å²) < 4.78 is 18.5. The lowest BCUT2D eigenvalue weighted by atomic mass is 10.1. The summed E-state index contributed by atoms with van der Waals surface area (Å²) in [6.07, 6.45) is 0. The molecule has 140 valence electrons. The number of ether oxygens (including phenoxy) is 1. The minimum Gasteiger partial charge on any atom is -0.484 e. The highest BCUT2D eigenvalue weighted by Gasteiger charge is 2.24. The van der Waals surface area contributed by atoms with Crippen molar-refractivity contribution in [2.75, 3.05) is 46.4 Å². The molecule has 1 unspecified atom stereocenters. The summed E-state index contributed by atoms with van der Waals surface area (Å²) >= 11 is 1.67. The lowest BCUT2D eigenvalue weighted by Crippen LogP contribution is -2.48. The van der Waals surface area contributed by atoms with Gasteiger partial charge < -0.3 is 15.0 Å². The summed E-state index contributed by atoms with van der Waals surface area (Å²) in [4.78, 5) is 16.9. The number of rotatable bonds is 7. The van der Waals surface area contributed by atoms with E-state index in [-0.39, 0.29) is 24.4 Å². The number of thiophene rings is 1. The molecule has 0 aliphatic carbocycles. The molecule has 2 aromatic rings. The molecule has 3 rings (SSSR count). The van der Waals surface area contributed by atoms with Crippen molar-refractivity contribution < 1.29 is 13.9 Å². The lowest BCUT2D eigenvalue weighted by Gasteiger charge is -2.38. The van der Waals surface area contributed by atoms with E-state index in [1.807, 2.05) is 0 Å². The monoisotopic (exact) mass is 377 g/mol. The largest absolute Gasteiger partial charge is 0.484 e. The number of carbonyl (C=O) groups excluding carboxylic acids is 1. The topological polar surface area (TPSA) is 44.8 Å². The molecular formula is C19H24FN3O2S. The molecule has 1 aromatic carbocycles. The van der Waals surface area contributed by atoms with Gasteiger partial charge in [0.2, 0.25) is 0 Å². The zero-order valence-corrected chi connectivity index (χ0v) is 15.7. The van der Waals surface area contributed by atoms with Gasteiger partial charge >= 0.3 is 0 Å². The maximum absolute atomic E-state index is 13.1. The first kappa shape index (κ1) is 18.8. The van der Waals surface area contributed by atoms with E-state index in [0.717, 1.165) is 26.2 Å². The standard InChI is InChI=1S/C19H24FN3O2S/c1-22-6-8-23(9-7-22)18(15-5-10-26-14-15)12-21-19(24)13-25-17-4-2-3-16(20)11-17/h2-5,10-11,14,18H,6-9,12-13H2,1H3,(H,21,24). The van der Waals surface area contributed by atoms with Crippen LogP contribution in [0.4, 0.5) is 4.39 Å². The van der Waals surface area contributed by atoms with Crippen molar-refractivity contribution in [2.45, 2.75) is 6.04 Å². The normalized spacial score (nSPS) is 17.0. The third kappa shape index (κ3) is 5.27. The smallest absolute Gasteiger partial charge is 0.258 e. The van der Waals surface area contributed by atoms with Crippen LogP contribution in [-0.2, 0) is 4.79 Å². The van der Waals surface area contributed by atoms with E-state index < -0.39 is 0 Å². The summed E-state index contributed by atoms with van der Waals surface area (Å²) in [7, 11) is 2.13. The van der Waals surface area contributed by atoms with Gasteiger partial charge in [0.1, 0.15) is 11.6 Å². The van der Waals surface area contributed by atoms with Gasteiger partial charge in [-0.1, -0.05) is 6.07 Å². The predicted molar refractivity (Wildman–Crippen MR) is 101 cm³/mol. The number of halogens is 1. The van der Waals surface area contributed by atoms with Gasteiger partial charge in [-0.25, -0.2) is 4.39 Å². The van der Waals surface area contributed by atoms with Crippen molar-refractivity contribution in [3.8, 4) is 5.75 Å². The minimum absolute atomic E-state index is 0.122. The van der Waals surface area contributed by atoms with Crippen molar-refractivity contribution in [3.63, 3.8) is 0 Å². The second kappa shape index (κ2) is 9.12. The van der Waals surface area contributed by atoms with Gasteiger partial charge in [-0.05, 0) is 41.6 Å². The number of hydrogen-bond donors (Lipinski definition) is 1. The van der Waals surface area contributed by atoms with E-state index in [2.05, 4.69) is 39.0 Å². The molecule has 0 bridgehead atoms. The van der Waals surface area contributed by atoms with Crippen LogP contribution in [0.2, 0.25) is 0 Å². The van der Waals surface area contributed by atoms with Crippen LogP contribution in [0.1, 0.15) is 11.6 Å². The number of nitrogens with one attached hydrogen (secondary N) is 1. The maximum Gasteiger partial charge on any atom is 0.258 e. The van der Waals surface area contributed by atoms with Gasteiger partial charge in [0.05, 0.1) is 6.04 Å². The van der Waals surface area contributed by atoms with Crippen LogP contribution in [0.3, 0.4) is 0 Å². The highest BCUT2D eigenvalue weighted by atomic mass is 32.1. The lowest BCUT2D eigenvalue weighted by molar-refractivity contribution is -0.123. The van der Waals surface area contributed by atoms with Crippen LogP contribution < -0.4 is 10.1 Å². The molecule has 1 N–H and O–H groups in total. The summed E-state index contributed by atoms with van der Waals surface area (Å²) in [5.74, 6) is -0.229. The fraction of sp³-hybridized carbons (Fsp3) is 0.421. The van der Waals surface area contributed by atoms with E-state index in [1.165, 1.54) is 17.7 Å². The molecule has 5 nitrogen and oxygen atoms in total. The fourth-order valence-electron chi connectivity index (χ4n) is 3.02. The van der Waals surface area contributed by atoms with Crippen molar-refractivity contribution in [1.82, 2.24) is 15.1 Å². The second-order valence-corrected chi connectivity index (χ2v) is 7.24. The molecule has 1 fully saturated rings. The average Bonchev–Trinajstić information content (AvgIpc) is 3.16. The number of carbonyl (C=O) groups is 1. The molecular weight excluding hydrogens is 353 g/mol. The summed E-state index contributed by atoms with van der Waals surface area (Å²) in [6.45, 7) is 4.42. The molecule has 2 heterocycles. The molecule has 1 amide bonds. The van der Waals surface area contributed by atoms with E-state index in [0.29, 0.717) is 12.3 Å². The molecule has 1 aliphatic heterocycles. The summed E-state index contributed by atoms with van der Waals surface area (Å²) in [6, 6.07) is 8.08.